The lowest BCUT2D eigenvalue weighted by atomic mass is 9.72. The van der Waals surface area contributed by atoms with Crippen molar-refractivity contribution in [3.63, 3.8) is 0 Å². The van der Waals surface area contributed by atoms with Crippen molar-refractivity contribution in [3.05, 3.63) is 112 Å². The van der Waals surface area contributed by atoms with Gasteiger partial charge in [-0.25, -0.2) is 14.8 Å². The number of nitrogens with zero attached hydrogens (tertiary/aromatic N) is 6. The largest absolute Gasteiger partial charge is 0.496 e. The maximum Gasteiger partial charge on any atom is 0.407 e. The van der Waals surface area contributed by atoms with Crippen LogP contribution in [0.15, 0.2) is 89.9 Å². The molecule has 4 fully saturated rings. The van der Waals surface area contributed by atoms with E-state index < -0.39 is 11.5 Å². The van der Waals surface area contributed by atoms with Crippen LogP contribution < -0.4 is 19.9 Å². The first-order valence-electron chi connectivity index (χ1n) is 23.6. The molecular weight excluding hydrogens is 821 g/mol. The molecule has 3 saturated heterocycles. The van der Waals surface area contributed by atoms with Crippen molar-refractivity contribution < 1.29 is 28.8 Å². The molecular formula is C52H64N6O7. The van der Waals surface area contributed by atoms with E-state index in [0.29, 0.717) is 49.9 Å². The highest BCUT2D eigenvalue weighted by atomic mass is 16.7. The fraction of sp³-hybridized carbons (Fsp3) is 0.500. The number of methoxy groups -OCH3 is 1. The number of fused-ring (bicyclic) bond motifs is 1. The van der Waals surface area contributed by atoms with Crippen LogP contribution in [0.5, 0.6) is 11.5 Å². The molecule has 0 spiro atoms. The zero-order valence-corrected chi connectivity index (χ0v) is 38.4. The summed E-state index contributed by atoms with van der Waals surface area (Å²) in [6, 6.07) is 26.8. The topological polar surface area (TPSA) is 132 Å². The van der Waals surface area contributed by atoms with Crippen LogP contribution in [0, 0.1) is 11.8 Å². The van der Waals surface area contributed by atoms with Crippen LogP contribution in [-0.2, 0) is 28.5 Å². The maximum atomic E-state index is 12.8. The van der Waals surface area contributed by atoms with Crippen molar-refractivity contribution in [1.82, 2.24) is 24.3 Å². The summed E-state index contributed by atoms with van der Waals surface area (Å²) in [7, 11) is 3.36. The van der Waals surface area contributed by atoms with Gasteiger partial charge in [-0.05, 0) is 105 Å². The third-order valence-corrected chi connectivity index (χ3v) is 14.3. The Morgan fingerprint density at radius 3 is 2.38 bits per heavy atom. The number of carbonyl (C=O) groups is 1. The highest BCUT2D eigenvalue weighted by Gasteiger charge is 2.44. The molecule has 1 amide bonds. The van der Waals surface area contributed by atoms with Crippen LogP contribution in [0.1, 0.15) is 82.0 Å². The first-order valence-corrected chi connectivity index (χ1v) is 23.6. The highest BCUT2D eigenvalue weighted by Crippen LogP contribution is 2.49. The summed E-state index contributed by atoms with van der Waals surface area (Å²) in [6.45, 7) is 9.55. The minimum absolute atomic E-state index is 0.0359. The summed E-state index contributed by atoms with van der Waals surface area (Å²) >= 11 is 0. The molecule has 0 radical (unpaired) electrons. The number of benzene rings is 3. The molecule has 5 heterocycles. The van der Waals surface area contributed by atoms with E-state index in [9.17, 15) is 14.7 Å². The fourth-order valence-electron chi connectivity index (χ4n) is 10.2. The minimum atomic E-state index is -0.838. The second-order valence-corrected chi connectivity index (χ2v) is 19.0. The van der Waals surface area contributed by atoms with Gasteiger partial charge in [-0.1, -0.05) is 61.4 Å². The monoisotopic (exact) mass is 884 g/mol. The van der Waals surface area contributed by atoms with E-state index in [1.54, 1.807) is 23.6 Å². The first-order chi connectivity index (χ1) is 31.6. The molecule has 65 heavy (non-hydrogen) atoms. The van der Waals surface area contributed by atoms with E-state index in [1.165, 1.54) is 6.07 Å². The second kappa shape index (κ2) is 19.5. The van der Waals surface area contributed by atoms with Crippen LogP contribution in [0.25, 0.3) is 22.0 Å². The van der Waals surface area contributed by atoms with Gasteiger partial charge in [0.15, 0.2) is 6.29 Å². The summed E-state index contributed by atoms with van der Waals surface area (Å²) in [4.78, 5) is 42.1. The highest BCUT2D eigenvalue weighted by molar-refractivity contribution is 5.89. The quantitative estimate of drug-likeness (QED) is 0.109. The summed E-state index contributed by atoms with van der Waals surface area (Å²) in [5, 5.41) is 10.7. The van der Waals surface area contributed by atoms with Crippen LogP contribution in [-0.4, -0.2) is 107 Å². The van der Waals surface area contributed by atoms with Crippen LogP contribution in [0.2, 0.25) is 0 Å². The van der Waals surface area contributed by atoms with Crippen LogP contribution >= 0.6 is 0 Å². The Morgan fingerprint density at radius 2 is 1.68 bits per heavy atom. The molecule has 5 aromatic rings. The van der Waals surface area contributed by atoms with Crippen molar-refractivity contribution in [3.8, 4) is 22.6 Å². The Bertz CT molecular complexity index is 2480. The number of hydrogen-bond donors (Lipinski definition) is 1. The number of ether oxygens (including phenoxy) is 4. The van der Waals surface area contributed by atoms with Gasteiger partial charge < -0.3 is 38.4 Å². The molecule has 0 bridgehead atoms. The van der Waals surface area contributed by atoms with Gasteiger partial charge in [-0.2, -0.15) is 0 Å². The Kier molecular flexibility index (Phi) is 13.4. The fourth-order valence-corrected chi connectivity index (χ4v) is 10.2. The summed E-state index contributed by atoms with van der Waals surface area (Å²) in [6.07, 6.45) is 8.75. The first kappa shape index (κ1) is 44.7. The number of piperazine rings is 1. The molecule has 344 valence electrons. The average molecular weight is 885 g/mol. The van der Waals surface area contributed by atoms with Gasteiger partial charge in [-0.3, -0.25) is 9.69 Å². The predicted molar refractivity (Wildman–Crippen MR) is 252 cm³/mol. The molecule has 3 aromatic carbocycles. The van der Waals surface area contributed by atoms with Gasteiger partial charge in [0, 0.05) is 81.7 Å². The van der Waals surface area contributed by atoms with Crippen LogP contribution in [0.4, 0.5) is 10.7 Å². The third kappa shape index (κ3) is 10.0. The van der Waals surface area contributed by atoms with Crippen molar-refractivity contribution in [1.29, 1.82) is 0 Å². The number of hydrogen-bond acceptors (Lipinski definition) is 10. The summed E-state index contributed by atoms with van der Waals surface area (Å²) < 4.78 is 26.9. The molecule has 1 aliphatic carbocycles. The van der Waals surface area contributed by atoms with Crippen molar-refractivity contribution in [2.45, 2.75) is 95.6 Å². The Morgan fingerprint density at radius 1 is 0.892 bits per heavy atom. The minimum Gasteiger partial charge on any atom is -0.496 e. The standard InChI is InChI=1S/C52H64N6O7/c1-35-30-58(51(60)61)36(2)29-57(35)31-38-21-23-56(24-22-38)50-53-45-20-15-40(44-32-55(3)47(59)27-46(44)62-4)26-43(45)49(54-50)52(28-37-13-14-37,34-65-48-12-8-9-25-63-48)41-16-18-42(19-17-41)64-33-39-10-6-5-7-11-39/h5-7,10-11,15-20,26-27,32,35-38,48H,8-9,12-14,21-25,28-31,33-34H2,1-4H3,(H,60,61)/t35-,36+,48?,52?/m0/s1. The van der Waals surface area contributed by atoms with E-state index in [-0.39, 0.29) is 23.9 Å². The smallest absolute Gasteiger partial charge is 0.407 e. The van der Waals surface area contributed by atoms with E-state index in [2.05, 4.69) is 71.3 Å². The molecule has 13 heteroatoms. The number of aryl methyl sites for hydroxylation is 1. The number of pyridine rings is 1. The number of amides is 1. The molecule has 2 unspecified atom stereocenters. The molecule has 9 rings (SSSR count). The number of piperidine rings is 1. The third-order valence-electron chi connectivity index (χ3n) is 14.3. The molecule has 13 nitrogen and oxygen atoms in total. The summed E-state index contributed by atoms with van der Waals surface area (Å²) in [5.74, 6) is 3.00. The number of anilines is 1. The Labute approximate surface area is 382 Å². The van der Waals surface area contributed by atoms with Gasteiger partial charge in [0.05, 0.1) is 30.3 Å². The van der Waals surface area contributed by atoms with Crippen LogP contribution in [0.3, 0.4) is 0 Å². The molecule has 2 aromatic heterocycles. The zero-order chi connectivity index (χ0) is 45.1. The van der Waals surface area contributed by atoms with Gasteiger partial charge in [-0.15, -0.1) is 0 Å². The molecule has 4 aliphatic rings. The van der Waals surface area contributed by atoms with Crippen molar-refractivity contribution >= 4 is 22.9 Å². The van der Waals surface area contributed by atoms with E-state index in [1.807, 2.05) is 31.3 Å². The lowest BCUT2D eigenvalue weighted by Gasteiger charge is -2.45. The average Bonchev–Trinajstić information content (AvgIpc) is 4.16. The van der Waals surface area contributed by atoms with Crippen molar-refractivity contribution in [2.75, 3.05) is 57.9 Å². The SMILES string of the molecule is COc1cc(=O)n(C)cc1-c1ccc2nc(N3CCC(CN4C[C@@H](C)N(C(=O)O)C[C@@H]4C)CC3)nc(C(COC3CCCCO3)(CC3CC3)c3ccc(OCc4ccccc4)cc3)c2c1. The number of rotatable bonds is 15. The maximum absolute atomic E-state index is 12.8. The van der Waals surface area contributed by atoms with Gasteiger partial charge in [0.2, 0.25) is 5.95 Å². The van der Waals surface area contributed by atoms with E-state index >= 15 is 0 Å². The molecule has 4 atom stereocenters. The Balaban J connectivity index is 1.11. The number of aromatic nitrogens is 3. The van der Waals surface area contributed by atoms with Gasteiger partial charge in [0.25, 0.3) is 5.56 Å². The predicted octanol–water partition coefficient (Wildman–Crippen LogP) is 8.50. The summed E-state index contributed by atoms with van der Waals surface area (Å²) in [5.41, 5.74) is 4.87. The normalized spacial score (nSPS) is 21.9. The van der Waals surface area contributed by atoms with Gasteiger partial charge in [0.1, 0.15) is 18.1 Å². The Hall–Kier alpha value is -5.50. The lowest BCUT2D eigenvalue weighted by Crippen LogP contribution is -2.58. The zero-order valence-electron chi connectivity index (χ0n) is 38.4. The molecule has 3 aliphatic heterocycles. The molecule has 1 N–H and O–H groups in total. The lowest BCUT2D eigenvalue weighted by molar-refractivity contribution is -0.170. The molecule has 1 saturated carbocycles. The number of carboxylic acid groups (broad SMARTS) is 1. The second-order valence-electron chi connectivity index (χ2n) is 19.0. The van der Waals surface area contributed by atoms with E-state index in [0.717, 1.165) is 122 Å². The van der Waals surface area contributed by atoms with E-state index in [4.69, 9.17) is 28.9 Å². The van der Waals surface area contributed by atoms with Gasteiger partial charge >= 0.3 is 6.09 Å². The van der Waals surface area contributed by atoms with Crippen molar-refractivity contribution in [2.24, 2.45) is 18.9 Å².